The fourth-order valence-electron chi connectivity index (χ4n) is 1.11. The Labute approximate surface area is 112 Å². The molecule has 0 aromatic heterocycles. The summed E-state index contributed by atoms with van der Waals surface area (Å²) >= 11 is 0. The summed E-state index contributed by atoms with van der Waals surface area (Å²) in [5.74, 6) is 5.38. The molecule has 8 heteroatoms. The number of nitrogens with zero attached hydrogens (tertiary/aromatic N) is 5. The van der Waals surface area contributed by atoms with E-state index in [4.69, 9.17) is 30.5 Å². The Morgan fingerprint density at radius 3 is 1.89 bits per heavy atom. The third-order valence-corrected chi connectivity index (χ3v) is 2.32. The highest BCUT2D eigenvalue weighted by Gasteiger charge is 2.22. The Kier molecular flexibility index (Phi) is 8.42. The maximum Gasteiger partial charge on any atom is 0.383 e. The lowest BCUT2D eigenvalue weighted by molar-refractivity contribution is -0.546. The Bertz CT molecular complexity index is 408. The van der Waals surface area contributed by atoms with E-state index in [1.807, 2.05) is 0 Å². The van der Waals surface area contributed by atoms with Crippen molar-refractivity contribution in [3.8, 4) is 23.9 Å². The summed E-state index contributed by atoms with van der Waals surface area (Å²) in [7, 11) is 1.71. The summed E-state index contributed by atoms with van der Waals surface area (Å²) in [5.41, 5.74) is 0. The molecule has 98 valence electrons. The second-order valence-electron chi connectivity index (χ2n) is 3.67. The molecular weight excluding hydrogens is 245 g/mol. The first-order valence-corrected chi connectivity index (χ1v) is 5.62. The molecule has 0 unspecified atom stereocenters. The largest absolute Gasteiger partial charge is 0.383 e. The van der Waals surface area contributed by atoms with Crippen molar-refractivity contribution in [1.29, 1.82) is 21.0 Å². The van der Waals surface area contributed by atoms with Crippen LogP contribution in [0, 0.1) is 44.9 Å². The van der Waals surface area contributed by atoms with Gasteiger partial charge in [-0.2, -0.15) is 0 Å². The van der Waals surface area contributed by atoms with E-state index < -0.39 is 6.15 Å². The van der Waals surface area contributed by atoms with E-state index in [-0.39, 0.29) is 0 Å². The lowest BCUT2D eigenvalue weighted by Crippen LogP contribution is -2.30. The first-order valence-electron chi connectivity index (χ1n) is 5.62. The van der Waals surface area contributed by atoms with Crippen LogP contribution in [0.5, 0.6) is 0 Å². The van der Waals surface area contributed by atoms with Crippen molar-refractivity contribution < 1.29 is 14.0 Å². The number of morpholine rings is 1. The summed E-state index contributed by atoms with van der Waals surface area (Å²) < 4.78 is 12.3. The summed E-state index contributed by atoms with van der Waals surface area (Å²) in [6.45, 7) is 4.41. The summed E-state index contributed by atoms with van der Waals surface area (Å²) in [4.78, 5) is 0. The first-order chi connectivity index (χ1) is 9.17. The predicted octanol–water partition coefficient (Wildman–Crippen LogP) is -0.567. The minimum Gasteiger partial charge on any atom is -0.374 e. The van der Waals surface area contributed by atoms with Crippen LogP contribution in [0.1, 0.15) is 0 Å². The second-order valence-corrected chi connectivity index (χ2v) is 3.67. The zero-order valence-corrected chi connectivity index (χ0v) is 10.7. The fourth-order valence-corrected chi connectivity index (χ4v) is 1.11. The van der Waals surface area contributed by atoms with Crippen LogP contribution in [0.25, 0.3) is 0 Å². The van der Waals surface area contributed by atoms with Crippen molar-refractivity contribution in [3.05, 3.63) is 0 Å². The average Bonchev–Trinajstić information content (AvgIpc) is 2.50. The van der Waals surface area contributed by atoms with E-state index in [1.54, 1.807) is 7.11 Å². The van der Waals surface area contributed by atoms with Gasteiger partial charge in [0.15, 0.2) is 19.3 Å². The Morgan fingerprint density at radius 1 is 1.11 bits per heavy atom. The zero-order valence-electron chi connectivity index (χ0n) is 10.7. The first kappa shape index (κ1) is 16.6. The quantitative estimate of drug-likeness (QED) is 0.484. The number of hydrogen-bond donors (Lipinski definition) is 0. The molecule has 0 spiro atoms. The van der Waals surface area contributed by atoms with Gasteiger partial charge < -0.3 is 9.47 Å². The second kappa shape index (κ2) is 9.63. The number of hydrogen-bond acceptors (Lipinski definition) is 6. The molecule has 7 nitrogen and oxygen atoms in total. The van der Waals surface area contributed by atoms with Gasteiger partial charge in [-0.1, -0.05) is 0 Å². The van der Waals surface area contributed by atoms with Gasteiger partial charge in [-0.15, -0.1) is 23.9 Å². The Balaban J connectivity index is 0.000000344. The highest BCUT2D eigenvalue weighted by atomic mass is 16.5. The van der Waals surface area contributed by atoms with Gasteiger partial charge in [0, 0.05) is 7.11 Å². The molecule has 0 N–H and O–H groups in total. The molecule has 19 heavy (non-hydrogen) atoms. The monoisotopic (exact) mass is 259 g/mol. The molecule has 1 rings (SSSR count). The molecule has 1 saturated heterocycles. The molecule has 0 atom stereocenters. The average molecular weight is 259 g/mol. The van der Waals surface area contributed by atoms with Crippen LogP contribution < -0.4 is 0 Å². The smallest absolute Gasteiger partial charge is 0.374 e. The zero-order chi connectivity index (χ0) is 14.6. The maximum atomic E-state index is 8.09. The van der Waals surface area contributed by atoms with Crippen LogP contribution in [-0.2, 0) is 9.47 Å². The number of rotatable bonds is 2. The summed E-state index contributed by atoms with van der Waals surface area (Å²) in [5, 5.41) is 32.3. The van der Waals surface area contributed by atoms with Gasteiger partial charge in [-0.3, -0.25) is 0 Å². The highest BCUT2D eigenvalue weighted by molar-refractivity contribution is 7.05. The number of methoxy groups -OCH3 is 1. The van der Waals surface area contributed by atoms with Crippen LogP contribution in [0.2, 0.25) is 0 Å². The van der Waals surface area contributed by atoms with Gasteiger partial charge in [0.1, 0.15) is 19.8 Å². The molecule has 0 aromatic carbocycles. The topological polar surface area (TPSA) is 117 Å². The molecular formula is C11H14BN5O2. The minimum absolute atomic E-state index is 0.708. The van der Waals surface area contributed by atoms with Crippen LogP contribution in [0.4, 0.5) is 0 Å². The van der Waals surface area contributed by atoms with Gasteiger partial charge in [0.05, 0.1) is 0 Å². The van der Waals surface area contributed by atoms with Crippen LogP contribution in [0.15, 0.2) is 0 Å². The van der Waals surface area contributed by atoms with Crippen molar-refractivity contribution in [2.45, 2.75) is 0 Å². The van der Waals surface area contributed by atoms with E-state index in [0.717, 1.165) is 26.3 Å². The van der Waals surface area contributed by atoms with Gasteiger partial charge in [-0.05, 0) is 0 Å². The van der Waals surface area contributed by atoms with Gasteiger partial charge in [0.25, 0.3) is 0 Å². The van der Waals surface area contributed by atoms with E-state index in [9.17, 15) is 0 Å². The van der Waals surface area contributed by atoms with Crippen molar-refractivity contribution >= 4 is 12.4 Å². The van der Waals surface area contributed by atoms with Crippen molar-refractivity contribution in [3.63, 3.8) is 0 Å². The molecule has 0 aromatic rings. The molecule has 0 aliphatic carbocycles. The fraction of sp³-hybridized carbons (Fsp3) is 0.545. The third-order valence-electron chi connectivity index (χ3n) is 2.32. The molecule has 0 radical (unpaired) electrons. The standard InChI is InChI=1S/C7H14NO2.C4BN4/c1-9-5-2-8-3-6-10-7-4-8;6-1-5(2-7,3-8)4-9/h2H,3-7H2,1H3;/q+1;-1. The molecule has 0 bridgehead atoms. The highest BCUT2D eigenvalue weighted by Crippen LogP contribution is 1.92. The number of ether oxygens (including phenoxy) is 2. The van der Waals surface area contributed by atoms with Crippen molar-refractivity contribution in [1.82, 2.24) is 0 Å². The Morgan fingerprint density at radius 2 is 1.58 bits per heavy atom. The van der Waals surface area contributed by atoms with Gasteiger partial charge in [-0.25, -0.2) is 25.6 Å². The lowest BCUT2D eigenvalue weighted by atomic mass is 9.30. The maximum absolute atomic E-state index is 8.09. The van der Waals surface area contributed by atoms with Gasteiger partial charge in [0.2, 0.25) is 0 Å². The third kappa shape index (κ3) is 6.20. The SMILES string of the molecule is COCC=[N+]1CCOCC1.N#C[B-](C#N)(C#N)C#N. The van der Waals surface area contributed by atoms with Crippen LogP contribution in [0.3, 0.4) is 0 Å². The van der Waals surface area contributed by atoms with E-state index in [2.05, 4.69) is 10.8 Å². The Hall–Kier alpha value is -2.39. The lowest BCUT2D eigenvalue weighted by Gasteiger charge is -2.09. The summed E-state index contributed by atoms with van der Waals surface area (Å²) in [6.07, 6.45) is -0.650. The van der Waals surface area contributed by atoms with E-state index >= 15 is 0 Å². The normalized spacial score (nSPS) is 13.6. The molecule has 0 saturated carbocycles. The minimum atomic E-state index is -2.72. The van der Waals surface area contributed by atoms with E-state index in [1.165, 1.54) is 23.9 Å². The molecule has 1 aliphatic rings. The molecule has 0 amide bonds. The van der Waals surface area contributed by atoms with Gasteiger partial charge >= 0.3 is 6.15 Å². The molecule has 1 aliphatic heterocycles. The van der Waals surface area contributed by atoms with Crippen LogP contribution in [-0.4, -0.2) is 57.0 Å². The molecule has 1 fully saturated rings. The van der Waals surface area contributed by atoms with Crippen molar-refractivity contribution in [2.24, 2.45) is 0 Å². The summed E-state index contributed by atoms with van der Waals surface area (Å²) in [6, 6.07) is 0. The van der Waals surface area contributed by atoms with Crippen molar-refractivity contribution in [2.75, 3.05) is 40.0 Å². The van der Waals surface area contributed by atoms with E-state index in [0.29, 0.717) is 6.61 Å². The molecule has 1 heterocycles. The predicted molar refractivity (Wildman–Crippen MR) is 67.0 cm³/mol. The number of nitriles is 4. The van der Waals surface area contributed by atoms with Crippen LogP contribution >= 0.6 is 0 Å².